The number of nitrogens with one attached hydrogen (secondary N) is 1. The van der Waals surface area contributed by atoms with Gasteiger partial charge in [0.25, 0.3) is 0 Å². The van der Waals surface area contributed by atoms with Crippen molar-refractivity contribution in [2.75, 3.05) is 33.9 Å². The Morgan fingerprint density at radius 3 is 2.65 bits per heavy atom. The molecule has 0 saturated heterocycles. The fraction of sp³-hybridized carbons (Fsp3) is 0.500. The molecular weight excluding hydrogens is 418 g/mol. The number of hydrogen-bond acceptors (Lipinski definition) is 8. The molecule has 3 aliphatic heterocycles. The van der Waals surface area contributed by atoms with E-state index < -0.39 is 5.92 Å². The standard InChI is InChI=1S/C22H27N3O5S/c1-5-30-22(27)19-12(2)18-20(26)23-17(24-21(18)31-19)11-25-7-6-13-8-15(28-3)16(29-4)9-14(13)10-25/h8-9,18,21H,5-7,10-11H2,1-4H3,(H,23,24,26)/t18-,21+/m1/s1. The van der Waals surface area contributed by atoms with E-state index in [4.69, 9.17) is 19.2 Å². The Morgan fingerprint density at radius 1 is 1.26 bits per heavy atom. The second kappa shape index (κ2) is 8.92. The summed E-state index contributed by atoms with van der Waals surface area (Å²) in [5.74, 6) is 1.18. The Hall–Kier alpha value is -2.52. The van der Waals surface area contributed by atoms with Crippen LogP contribution in [0.2, 0.25) is 0 Å². The number of esters is 1. The Kier molecular flexibility index (Phi) is 6.24. The van der Waals surface area contributed by atoms with Crippen LogP contribution >= 0.6 is 11.8 Å². The van der Waals surface area contributed by atoms with Crippen LogP contribution in [-0.4, -0.2) is 61.9 Å². The lowest BCUT2D eigenvalue weighted by Crippen LogP contribution is -2.49. The number of amidine groups is 1. The molecule has 0 spiro atoms. The highest BCUT2D eigenvalue weighted by Crippen LogP contribution is 2.44. The van der Waals surface area contributed by atoms with Gasteiger partial charge in [-0.15, -0.1) is 0 Å². The summed E-state index contributed by atoms with van der Waals surface area (Å²) in [5, 5.41) is 2.63. The highest BCUT2D eigenvalue weighted by Gasteiger charge is 2.44. The highest BCUT2D eigenvalue weighted by molar-refractivity contribution is 8.04. The molecule has 0 aromatic heterocycles. The maximum Gasteiger partial charge on any atom is 0.344 e. The average molecular weight is 446 g/mol. The minimum Gasteiger partial charge on any atom is -0.493 e. The molecule has 0 unspecified atom stereocenters. The zero-order valence-corrected chi connectivity index (χ0v) is 19.0. The third-order valence-electron chi connectivity index (χ3n) is 5.81. The number of carbonyl (C=O) groups is 2. The molecule has 3 aliphatic rings. The molecule has 31 heavy (non-hydrogen) atoms. The summed E-state index contributed by atoms with van der Waals surface area (Å²) >= 11 is 1.33. The van der Waals surface area contributed by atoms with Gasteiger partial charge in [0.15, 0.2) is 11.5 Å². The number of thioether (sulfide) groups is 1. The zero-order chi connectivity index (χ0) is 22.1. The highest BCUT2D eigenvalue weighted by atomic mass is 32.2. The van der Waals surface area contributed by atoms with Crippen molar-refractivity contribution in [1.29, 1.82) is 0 Å². The molecule has 1 N–H and O–H groups in total. The third-order valence-corrected chi connectivity index (χ3v) is 7.16. The van der Waals surface area contributed by atoms with Crippen molar-refractivity contribution in [2.45, 2.75) is 32.2 Å². The van der Waals surface area contributed by atoms with Gasteiger partial charge in [-0.2, -0.15) is 0 Å². The predicted molar refractivity (Wildman–Crippen MR) is 118 cm³/mol. The van der Waals surface area contributed by atoms with Crippen LogP contribution in [0.1, 0.15) is 25.0 Å². The van der Waals surface area contributed by atoms with Crippen LogP contribution in [0.4, 0.5) is 0 Å². The summed E-state index contributed by atoms with van der Waals surface area (Å²) in [5.41, 5.74) is 3.16. The summed E-state index contributed by atoms with van der Waals surface area (Å²) in [6.45, 7) is 6.01. The van der Waals surface area contributed by atoms with Crippen LogP contribution in [0.15, 0.2) is 27.6 Å². The molecule has 1 amide bonds. The summed E-state index contributed by atoms with van der Waals surface area (Å²) in [6.07, 6.45) is 0.880. The molecule has 1 aromatic carbocycles. The van der Waals surface area contributed by atoms with Crippen molar-refractivity contribution in [2.24, 2.45) is 10.9 Å². The monoisotopic (exact) mass is 445 g/mol. The fourth-order valence-corrected chi connectivity index (χ4v) is 5.60. The van der Waals surface area contributed by atoms with E-state index in [1.165, 1.54) is 22.9 Å². The van der Waals surface area contributed by atoms with Crippen molar-refractivity contribution in [3.05, 3.63) is 33.7 Å². The van der Waals surface area contributed by atoms with Gasteiger partial charge in [-0.3, -0.25) is 14.7 Å². The van der Waals surface area contributed by atoms with Gasteiger partial charge in [0.05, 0.1) is 38.2 Å². The van der Waals surface area contributed by atoms with Crippen LogP contribution in [0.3, 0.4) is 0 Å². The Balaban J connectivity index is 1.47. The molecule has 0 saturated carbocycles. The van der Waals surface area contributed by atoms with Gasteiger partial charge in [-0.1, -0.05) is 11.8 Å². The summed E-state index contributed by atoms with van der Waals surface area (Å²) in [7, 11) is 3.27. The third kappa shape index (κ3) is 4.16. The first-order chi connectivity index (χ1) is 14.9. The van der Waals surface area contributed by atoms with Crippen molar-refractivity contribution < 1.29 is 23.8 Å². The van der Waals surface area contributed by atoms with E-state index in [1.54, 1.807) is 21.1 Å². The minimum absolute atomic E-state index is 0.108. The van der Waals surface area contributed by atoms with Crippen molar-refractivity contribution in [3.8, 4) is 11.5 Å². The van der Waals surface area contributed by atoms with Gasteiger partial charge in [0, 0.05) is 13.1 Å². The first kappa shape index (κ1) is 21.7. The first-order valence-electron chi connectivity index (χ1n) is 10.3. The normalized spacial score (nSPS) is 23.0. The second-order valence-corrected chi connectivity index (χ2v) is 8.85. The van der Waals surface area contributed by atoms with E-state index in [1.807, 2.05) is 19.1 Å². The van der Waals surface area contributed by atoms with Gasteiger partial charge in [-0.25, -0.2) is 4.79 Å². The molecule has 0 fully saturated rings. The molecule has 9 heteroatoms. The quantitative estimate of drug-likeness (QED) is 0.671. The van der Waals surface area contributed by atoms with E-state index in [-0.39, 0.29) is 17.3 Å². The van der Waals surface area contributed by atoms with Crippen LogP contribution in [-0.2, 0) is 27.3 Å². The molecule has 0 radical (unpaired) electrons. The largest absolute Gasteiger partial charge is 0.493 e. The van der Waals surface area contributed by atoms with Crippen LogP contribution in [0, 0.1) is 5.92 Å². The molecule has 0 bridgehead atoms. The van der Waals surface area contributed by atoms with Gasteiger partial charge < -0.3 is 19.5 Å². The molecule has 0 aliphatic carbocycles. The SMILES string of the molecule is CCOC(=O)C1=C(C)[C@@H]2C(=O)NC(CN3CCc4cc(OC)c(OC)cc4C3)=N[C@H]2S1. The van der Waals surface area contributed by atoms with Crippen LogP contribution in [0.5, 0.6) is 11.5 Å². The van der Waals surface area contributed by atoms with Crippen LogP contribution in [0.25, 0.3) is 0 Å². The van der Waals surface area contributed by atoms with Crippen molar-refractivity contribution in [1.82, 2.24) is 10.2 Å². The number of aliphatic imine (C=N–C) groups is 1. The van der Waals surface area contributed by atoms with Crippen molar-refractivity contribution >= 4 is 29.5 Å². The number of hydrogen-bond donors (Lipinski definition) is 1. The van der Waals surface area contributed by atoms with Gasteiger partial charge >= 0.3 is 5.97 Å². The number of benzene rings is 1. The van der Waals surface area contributed by atoms with E-state index in [0.29, 0.717) is 29.6 Å². The number of methoxy groups -OCH3 is 2. The van der Waals surface area contributed by atoms with E-state index in [0.717, 1.165) is 30.8 Å². The predicted octanol–water partition coefficient (Wildman–Crippen LogP) is 2.12. The summed E-state index contributed by atoms with van der Waals surface area (Å²) in [6, 6.07) is 4.06. The number of amides is 1. The second-order valence-electron chi connectivity index (χ2n) is 7.72. The van der Waals surface area contributed by atoms with E-state index in [9.17, 15) is 9.59 Å². The van der Waals surface area contributed by atoms with E-state index >= 15 is 0 Å². The molecule has 4 rings (SSSR count). The lowest BCUT2D eigenvalue weighted by Gasteiger charge is -2.32. The van der Waals surface area contributed by atoms with Gasteiger partial charge in [0.2, 0.25) is 5.91 Å². The van der Waals surface area contributed by atoms with Crippen LogP contribution < -0.4 is 14.8 Å². The number of fused-ring (bicyclic) bond motifs is 2. The lowest BCUT2D eigenvalue weighted by molar-refractivity contribution is -0.137. The Morgan fingerprint density at radius 2 is 1.97 bits per heavy atom. The Labute approximate surface area is 186 Å². The van der Waals surface area contributed by atoms with E-state index in [2.05, 4.69) is 10.2 Å². The minimum atomic E-state index is -0.424. The molecule has 166 valence electrons. The molecule has 1 aromatic rings. The molecule has 2 atom stereocenters. The molecular formula is C22H27N3O5S. The first-order valence-corrected chi connectivity index (χ1v) is 11.2. The smallest absolute Gasteiger partial charge is 0.344 e. The molecule has 3 heterocycles. The lowest BCUT2D eigenvalue weighted by atomic mass is 9.97. The number of nitrogens with zero attached hydrogens (tertiary/aromatic N) is 2. The van der Waals surface area contributed by atoms with Gasteiger partial charge in [-0.05, 0) is 49.1 Å². The number of ether oxygens (including phenoxy) is 3. The maximum absolute atomic E-state index is 12.8. The summed E-state index contributed by atoms with van der Waals surface area (Å²) < 4.78 is 16.0. The average Bonchev–Trinajstić information content (AvgIpc) is 3.09. The van der Waals surface area contributed by atoms with Gasteiger partial charge in [0.1, 0.15) is 11.2 Å². The summed E-state index contributed by atoms with van der Waals surface area (Å²) in [4.78, 5) is 32.5. The Bertz CT molecular complexity index is 974. The number of rotatable bonds is 6. The topological polar surface area (TPSA) is 89.5 Å². The van der Waals surface area contributed by atoms with Crippen molar-refractivity contribution in [3.63, 3.8) is 0 Å². The fourth-order valence-electron chi connectivity index (χ4n) is 4.24. The maximum atomic E-state index is 12.8. The number of carbonyl (C=O) groups excluding carboxylic acids is 2. The zero-order valence-electron chi connectivity index (χ0n) is 18.2. The molecule has 8 nitrogen and oxygen atoms in total.